The number of benzene rings is 1. The lowest BCUT2D eigenvalue weighted by Gasteiger charge is -1.96. The van der Waals surface area contributed by atoms with Gasteiger partial charge < -0.3 is 4.57 Å². The highest BCUT2D eigenvalue weighted by Gasteiger charge is 1.98. The molecule has 1 heterocycles. The molecule has 2 aromatic rings. The third-order valence-electron chi connectivity index (χ3n) is 2.05. The number of rotatable bonds is 1. The minimum absolute atomic E-state index is 1.03. The lowest BCUT2D eigenvalue weighted by molar-refractivity contribution is 0.913. The van der Waals surface area contributed by atoms with Gasteiger partial charge >= 0.3 is 0 Å². The predicted molar refractivity (Wildman–Crippen MR) is 53.4 cm³/mol. The molecule has 0 N–H and O–H groups in total. The number of imidazole rings is 1. The average molecular weight is 172 g/mol. The number of hydrogen-bond acceptors (Lipinski definition) is 1. The van der Waals surface area contributed by atoms with Crippen LogP contribution in [0.5, 0.6) is 0 Å². The summed E-state index contributed by atoms with van der Waals surface area (Å²) in [6, 6.07) is 8.39. The van der Waals surface area contributed by atoms with E-state index in [1.54, 1.807) is 0 Å². The molecule has 0 amide bonds. The van der Waals surface area contributed by atoms with Gasteiger partial charge in [0.1, 0.15) is 0 Å². The van der Waals surface area contributed by atoms with E-state index in [-0.39, 0.29) is 0 Å². The average Bonchev–Trinajstić information content (AvgIpc) is 2.53. The molecule has 0 atom stereocenters. The van der Waals surface area contributed by atoms with Gasteiger partial charge in [-0.2, -0.15) is 0 Å². The first-order chi connectivity index (χ1) is 6.25. The molecule has 1 aromatic heterocycles. The zero-order chi connectivity index (χ0) is 9.26. The molecule has 0 bridgehead atoms. The molecular weight excluding hydrogens is 160 g/mol. The summed E-state index contributed by atoms with van der Waals surface area (Å²) in [6.45, 7) is 2.09. The third-order valence-corrected chi connectivity index (χ3v) is 2.05. The van der Waals surface area contributed by atoms with E-state index < -0.39 is 0 Å². The van der Waals surface area contributed by atoms with Crippen LogP contribution in [0.1, 0.15) is 5.56 Å². The van der Waals surface area contributed by atoms with E-state index in [0.29, 0.717) is 0 Å². The maximum absolute atomic E-state index is 4.28. The normalized spacial score (nSPS) is 10.3. The predicted octanol–water partition coefficient (Wildman–Crippen LogP) is 2.40. The highest BCUT2D eigenvalue weighted by atomic mass is 15.0. The lowest BCUT2D eigenvalue weighted by atomic mass is 10.1. The van der Waals surface area contributed by atoms with Crippen molar-refractivity contribution >= 4 is 0 Å². The molecule has 1 aromatic carbocycles. The molecule has 2 nitrogen and oxygen atoms in total. The monoisotopic (exact) mass is 172 g/mol. The summed E-state index contributed by atoms with van der Waals surface area (Å²) < 4.78 is 1.95. The van der Waals surface area contributed by atoms with Crippen molar-refractivity contribution in [2.45, 2.75) is 6.92 Å². The second-order valence-corrected chi connectivity index (χ2v) is 3.29. The van der Waals surface area contributed by atoms with Crippen LogP contribution < -0.4 is 0 Å². The van der Waals surface area contributed by atoms with Crippen molar-refractivity contribution in [1.82, 2.24) is 9.55 Å². The van der Waals surface area contributed by atoms with Crippen molar-refractivity contribution in [3.8, 4) is 11.3 Å². The Bertz CT molecular complexity index is 398. The topological polar surface area (TPSA) is 17.8 Å². The van der Waals surface area contributed by atoms with Crippen LogP contribution in [0.25, 0.3) is 11.3 Å². The van der Waals surface area contributed by atoms with Crippen LogP contribution in [-0.4, -0.2) is 9.55 Å². The maximum atomic E-state index is 4.28. The standard InChI is InChI=1S/C11H12N2/c1-9-3-5-10(6-4-9)11-7-13(2)8-12-11/h3-8H,1-2H3. The van der Waals surface area contributed by atoms with Crippen LogP contribution >= 0.6 is 0 Å². The van der Waals surface area contributed by atoms with Gasteiger partial charge in [-0.15, -0.1) is 0 Å². The lowest BCUT2D eigenvalue weighted by Crippen LogP contribution is -1.79. The third kappa shape index (κ3) is 1.61. The molecule has 0 fully saturated rings. The molecule has 2 rings (SSSR count). The summed E-state index contributed by atoms with van der Waals surface area (Å²) in [5, 5.41) is 0. The van der Waals surface area contributed by atoms with Crippen molar-refractivity contribution in [2.75, 3.05) is 0 Å². The molecule has 0 spiro atoms. The van der Waals surface area contributed by atoms with Crippen LogP contribution in [0, 0.1) is 6.92 Å². The Morgan fingerprint density at radius 3 is 2.38 bits per heavy atom. The molecular formula is C11H12N2. The molecule has 2 heteroatoms. The van der Waals surface area contributed by atoms with Gasteiger partial charge in [0.25, 0.3) is 0 Å². The first kappa shape index (κ1) is 8.05. The summed E-state index contributed by atoms with van der Waals surface area (Å²) in [4.78, 5) is 4.28. The second kappa shape index (κ2) is 3.05. The van der Waals surface area contributed by atoms with Gasteiger partial charge in [-0.3, -0.25) is 0 Å². The molecule has 66 valence electrons. The van der Waals surface area contributed by atoms with E-state index in [2.05, 4.69) is 36.2 Å². The smallest absolute Gasteiger partial charge is 0.0951 e. The fourth-order valence-electron chi connectivity index (χ4n) is 1.29. The Balaban J connectivity index is 2.41. The zero-order valence-corrected chi connectivity index (χ0v) is 7.86. The fourth-order valence-corrected chi connectivity index (χ4v) is 1.29. The van der Waals surface area contributed by atoms with Crippen LogP contribution in [-0.2, 0) is 7.05 Å². The van der Waals surface area contributed by atoms with Gasteiger partial charge in [-0.25, -0.2) is 4.98 Å². The van der Waals surface area contributed by atoms with Crippen molar-refractivity contribution in [3.05, 3.63) is 42.4 Å². The van der Waals surface area contributed by atoms with E-state index in [1.165, 1.54) is 11.1 Å². The Morgan fingerprint density at radius 1 is 1.15 bits per heavy atom. The molecule has 0 unspecified atom stereocenters. The maximum Gasteiger partial charge on any atom is 0.0951 e. The van der Waals surface area contributed by atoms with Crippen LogP contribution in [0.2, 0.25) is 0 Å². The number of aryl methyl sites for hydroxylation is 2. The quantitative estimate of drug-likeness (QED) is 0.645. The van der Waals surface area contributed by atoms with E-state index in [4.69, 9.17) is 0 Å². The van der Waals surface area contributed by atoms with E-state index in [1.807, 2.05) is 24.1 Å². The van der Waals surface area contributed by atoms with E-state index >= 15 is 0 Å². The number of aromatic nitrogens is 2. The van der Waals surface area contributed by atoms with E-state index in [9.17, 15) is 0 Å². The Labute approximate surface area is 77.9 Å². The molecule has 0 aliphatic heterocycles. The van der Waals surface area contributed by atoms with Crippen molar-refractivity contribution < 1.29 is 0 Å². The summed E-state index contributed by atoms with van der Waals surface area (Å²) in [6.07, 6.45) is 3.83. The van der Waals surface area contributed by atoms with E-state index in [0.717, 1.165) is 5.69 Å². The summed E-state index contributed by atoms with van der Waals surface area (Å²) in [5.74, 6) is 0. The minimum atomic E-state index is 1.03. The van der Waals surface area contributed by atoms with Gasteiger partial charge in [0, 0.05) is 18.8 Å². The van der Waals surface area contributed by atoms with Gasteiger partial charge in [0.15, 0.2) is 0 Å². The van der Waals surface area contributed by atoms with Crippen LogP contribution in [0.15, 0.2) is 36.8 Å². The first-order valence-corrected chi connectivity index (χ1v) is 4.31. The summed E-state index contributed by atoms with van der Waals surface area (Å²) in [5.41, 5.74) is 3.48. The SMILES string of the molecule is Cc1ccc(-c2cn(C)cn2)cc1. The highest BCUT2D eigenvalue weighted by Crippen LogP contribution is 2.16. The second-order valence-electron chi connectivity index (χ2n) is 3.29. The largest absolute Gasteiger partial charge is 0.340 e. The Kier molecular flexibility index (Phi) is 1.89. The van der Waals surface area contributed by atoms with Crippen LogP contribution in [0.4, 0.5) is 0 Å². The fraction of sp³-hybridized carbons (Fsp3) is 0.182. The van der Waals surface area contributed by atoms with Gasteiger partial charge in [-0.1, -0.05) is 29.8 Å². The van der Waals surface area contributed by atoms with Gasteiger partial charge in [0.2, 0.25) is 0 Å². The Hall–Kier alpha value is -1.57. The molecule has 0 saturated heterocycles. The molecule has 0 aliphatic rings. The molecule has 0 radical (unpaired) electrons. The summed E-state index contributed by atoms with van der Waals surface area (Å²) >= 11 is 0. The zero-order valence-electron chi connectivity index (χ0n) is 7.86. The van der Waals surface area contributed by atoms with Crippen LogP contribution in [0.3, 0.4) is 0 Å². The molecule has 13 heavy (non-hydrogen) atoms. The van der Waals surface area contributed by atoms with Crippen molar-refractivity contribution in [1.29, 1.82) is 0 Å². The van der Waals surface area contributed by atoms with Gasteiger partial charge in [-0.05, 0) is 6.92 Å². The molecule has 0 aliphatic carbocycles. The van der Waals surface area contributed by atoms with Crippen molar-refractivity contribution in [2.24, 2.45) is 7.05 Å². The summed E-state index contributed by atoms with van der Waals surface area (Å²) in [7, 11) is 1.98. The Morgan fingerprint density at radius 2 is 1.85 bits per heavy atom. The highest BCUT2D eigenvalue weighted by molar-refractivity contribution is 5.58. The number of hydrogen-bond donors (Lipinski definition) is 0. The minimum Gasteiger partial charge on any atom is -0.340 e. The number of nitrogens with zero attached hydrogens (tertiary/aromatic N) is 2. The van der Waals surface area contributed by atoms with Crippen molar-refractivity contribution in [3.63, 3.8) is 0 Å². The van der Waals surface area contributed by atoms with Gasteiger partial charge in [0.05, 0.1) is 12.0 Å². The molecule has 0 saturated carbocycles. The first-order valence-electron chi connectivity index (χ1n) is 4.31.